The molecule has 24 heavy (non-hydrogen) atoms. The molecule has 0 spiro atoms. The molecule has 3 rings (SSSR count). The van der Waals surface area contributed by atoms with Crippen LogP contribution in [0.2, 0.25) is 0 Å². The van der Waals surface area contributed by atoms with Crippen LogP contribution in [0.15, 0.2) is 42.5 Å². The van der Waals surface area contributed by atoms with Crippen LogP contribution in [0.1, 0.15) is 48.9 Å². The van der Waals surface area contributed by atoms with Gasteiger partial charge in [0, 0.05) is 12.8 Å². The molecule has 0 aromatic heterocycles. The third kappa shape index (κ3) is 3.61. The van der Waals surface area contributed by atoms with Crippen molar-refractivity contribution in [2.24, 2.45) is 0 Å². The van der Waals surface area contributed by atoms with E-state index in [1.165, 1.54) is 11.1 Å². The summed E-state index contributed by atoms with van der Waals surface area (Å²) in [6.45, 7) is 6.52. The molecule has 0 radical (unpaired) electrons. The number of hydrogen-bond donors (Lipinski definition) is 1. The molecule has 1 N–H and O–H groups in total. The molecule has 126 valence electrons. The first-order valence-corrected chi connectivity index (χ1v) is 8.46. The number of hydrogen-bond acceptors (Lipinski definition) is 2. The van der Waals surface area contributed by atoms with E-state index >= 15 is 0 Å². The van der Waals surface area contributed by atoms with E-state index in [1.807, 2.05) is 18.2 Å². The fourth-order valence-electron chi connectivity index (χ4n) is 3.41. The normalized spacial score (nSPS) is 19.2. The van der Waals surface area contributed by atoms with Crippen molar-refractivity contribution in [3.8, 4) is 5.75 Å². The Morgan fingerprint density at radius 2 is 1.83 bits per heavy atom. The second-order valence-corrected chi connectivity index (χ2v) is 7.31. The van der Waals surface area contributed by atoms with Gasteiger partial charge in [0.15, 0.2) is 0 Å². The summed E-state index contributed by atoms with van der Waals surface area (Å²) in [7, 11) is 0. The van der Waals surface area contributed by atoms with Crippen molar-refractivity contribution < 1.29 is 14.6 Å². The van der Waals surface area contributed by atoms with Crippen LogP contribution in [0, 0.1) is 0 Å². The minimum atomic E-state index is -0.804. The summed E-state index contributed by atoms with van der Waals surface area (Å²) in [6, 6.07) is 14.5. The Kier molecular flexibility index (Phi) is 4.35. The predicted octanol–water partition coefficient (Wildman–Crippen LogP) is 4.37. The molecule has 0 saturated carbocycles. The average Bonchev–Trinajstić information content (AvgIpc) is 2.82. The molecular formula is C21H24O3. The van der Waals surface area contributed by atoms with E-state index in [0.29, 0.717) is 5.92 Å². The Hall–Kier alpha value is -2.29. The Labute approximate surface area is 143 Å². The van der Waals surface area contributed by atoms with Gasteiger partial charge in [-0.25, -0.2) is 0 Å². The molecule has 3 heteroatoms. The maximum Gasteiger partial charge on any atom is 0.307 e. The molecule has 2 aromatic carbocycles. The van der Waals surface area contributed by atoms with Gasteiger partial charge >= 0.3 is 5.97 Å². The molecule has 0 unspecified atom stereocenters. The van der Waals surface area contributed by atoms with E-state index < -0.39 is 5.97 Å². The van der Waals surface area contributed by atoms with Crippen LogP contribution in [0.5, 0.6) is 5.75 Å². The lowest BCUT2D eigenvalue weighted by atomic mass is 9.90. The van der Waals surface area contributed by atoms with Gasteiger partial charge in [0.05, 0.1) is 6.42 Å². The second-order valence-electron chi connectivity index (χ2n) is 7.31. The average molecular weight is 324 g/mol. The maximum atomic E-state index is 10.9. The van der Waals surface area contributed by atoms with Crippen LogP contribution in [0.25, 0.3) is 0 Å². The van der Waals surface area contributed by atoms with Crippen LogP contribution in [0.3, 0.4) is 0 Å². The van der Waals surface area contributed by atoms with E-state index in [0.717, 1.165) is 29.7 Å². The monoisotopic (exact) mass is 324 g/mol. The number of rotatable bonds is 5. The molecule has 1 aliphatic rings. The standard InChI is InChI=1S/C21H24O3/c1-14(2)17-7-4-15(5-8-17)12-21(3)13-18-10-16(11-20(22)23)6-9-19(18)24-21/h4-10,14H,11-13H2,1-3H3,(H,22,23)/t21-/m1/s1. The first-order chi connectivity index (χ1) is 11.3. The number of ether oxygens (including phenoxy) is 1. The van der Waals surface area contributed by atoms with Gasteiger partial charge in [0.1, 0.15) is 11.4 Å². The molecule has 0 aliphatic carbocycles. The summed E-state index contributed by atoms with van der Waals surface area (Å²) < 4.78 is 6.19. The van der Waals surface area contributed by atoms with Crippen molar-refractivity contribution in [2.75, 3.05) is 0 Å². The first-order valence-electron chi connectivity index (χ1n) is 8.46. The molecule has 0 amide bonds. The lowest BCUT2D eigenvalue weighted by molar-refractivity contribution is -0.136. The number of aliphatic carboxylic acids is 1. The van der Waals surface area contributed by atoms with Crippen LogP contribution in [-0.4, -0.2) is 16.7 Å². The summed E-state index contributed by atoms with van der Waals surface area (Å²) in [5, 5.41) is 8.94. The Morgan fingerprint density at radius 1 is 1.17 bits per heavy atom. The lowest BCUT2D eigenvalue weighted by Crippen LogP contribution is -2.32. The SMILES string of the molecule is CC(C)c1ccc(C[C@]2(C)Cc3cc(CC(=O)O)ccc3O2)cc1. The minimum absolute atomic E-state index is 0.0562. The van der Waals surface area contributed by atoms with Gasteiger partial charge in [-0.3, -0.25) is 4.79 Å². The Balaban J connectivity index is 1.74. The molecule has 2 aromatic rings. The summed E-state index contributed by atoms with van der Waals surface area (Å²) >= 11 is 0. The van der Waals surface area contributed by atoms with Crippen LogP contribution < -0.4 is 4.74 Å². The zero-order valence-electron chi connectivity index (χ0n) is 14.5. The van der Waals surface area contributed by atoms with Crippen molar-refractivity contribution in [1.82, 2.24) is 0 Å². The Morgan fingerprint density at radius 3 is 2.46 bits per heavy atom. The summed E-state index contributed by atoms with van der Waals surface area (Å²) in [6.07, 6.45) is 1.71. The first kappa shape index (κ1) is 16.6. The molecule has 0 fully saturated rings. The van der Waals surface area contributed by atoms with E-state index in [-0.39, 0.29) is 12.0 Å². The minimum Gasteiger partial charge on any atom is -0.487 e. The number of carboxylic acids is 1. The topological polar surface area (TPSA) is 46.5 Å². The molecule has 0 bridgehead atoms. The largest absolute Gasteiger partial charge is 0.487 e. The van der Waals surface area contributed by atoms with Crippen LogP contribution >= 0.6 is 0 Å². The quantitative estimate of drug-likeness (QED) is 0.888. The number of fused-ring (bicyclic) bond motifs is 1. The molecule has 1 aliphatic heterocycles. The smallest absolute Gasteiger partial charge is 0.307 e. The zero-order valence-corrected chi connectivity index (χ0v) is 14.5. The summed E-state index contributed by atoms with van der Waals surface area (Å²) in [5.74, 6) is 0.613. The van der Waals surface area contributed by atoms with Gasteiger partial charge in [-0.1, -0.05) is 50.2 Å². The third-order valence-electron chi connectivity index (χ3n) is 4.63. The maximum absolute atomic E-state index is 10.9. The van der Waals surface area contributed by atoms with Gasteiger partial charge in [0.2, 0.25) is 0 Å². The highest BCUT2D eigenvalue weighted by atomic mass is 16.5. The van der Waals surface area contributed by atoms with E-state index in [9.17, 15) is 4.79 Å². The molecular weight excluding hydrogens is 300 g/mol. The second kappa shape index (κ2) is 6.31. The zero-order chi connectivity index (χ0) is 17.3. The summed E-state index contributed by atoms with van der Waals surface area (Å²) in [5.41, 5.74) is 4.27. The van der Waals surface area contributed by atoms with Crippen LogP contribution in [0.4, 0.5) is 0 Å². The van der Waals surface area contributed by atoms with E-state index in [2.05, 4.69) is 45.0 Å². The molecule has 1 heterocycles. The van der Waals surface area contributed by atoms with E-state index in [4.69, 9.17) is 9.84 Å². The predicted molar refractivity (Wildman–Crippen MR) is 94.8 cm³/mol. The summed E-state index contributed by atoms with van der Waals surface area (Å²) in [4.78, 5) is 10.9. The highest BCUT2D eigenvalue weighted by Gasteiger charge is 2.35. The lowest BCUT2D eigenvalue weighted by Gasteiger charge is -2.24. The molecule has 3 nitrogen and oxygen atoms in total. The van der Waals surface area contributed by atoms with Gasteiger partial charge in [-0.05, 0) is 41.2 Å². The fraction of sp³-hybridized carbons (Fsp3) is 0.381. The fourth-order valence-corrected chi connectivity index (χ4v) is 3.41. The van der Waals surface area contributed by atoms with E-state index in [1.54, 1.807) is 0 Å². The highest BCUT2D eigenvalue weighted by Crippen LogP contribution is 2.37. The Bertz CT molecular complexity index is 746. The van der Waals surface area contributed by atoms with Crippen molar-refractivity contribution in [2.45, 2.75) is 51.6 Å². The van der Waals surface area contributed by atoms with Gasteiger partial charge in [-0.2, -0.15) is 0 Å². The van der Waals surface area contributed by atoms with Gasteiger partial charge < -0.3 is 9.84 Å². The van der Waals surface area contributed by atoms with Crippen molar-refractivity contribution in [3.63, 3.8) is 0 Å². The van der Waals surface area contributed by atoms with Crippen molar-refractivity contribution in [3.05, 3.63) is 64.7 Å². The molecule has 1 atom stereocenters. The number of carbonyl (C=O) groups is 1. The molecule has 0 saturated heterocycles. The van der Waals surface area contributed by atoms with Crippen molar-refractivity contribution >= 4 is 5.97 Å². The number of benzene rings is 2. The van der Waals surface area contributed by atoms with Crippen LogP contribution in [-0.2, 0) is 24.1 Å². The highest BCUT2D eigenvalue weighted by molar-refractivity contribution is 5.70. The van der Waals surface area contributed by atoms with Gasteiger partial charge in [0.25, 0.3) is 0 Å². The third-order valence-corrected chi connectivity index (χ3v) is 4.63. The van der Waals surface area contributed by atoms with Crippen molar-refractivity contribution in [1.29, 1.82) is 0 Å². The number of carboxylic acid groups (broad SMARTS) is 1. The van der Waals surface area contributed by atoms with Gasteiger partial charge in [-0.15, -0.1) is 0 Å².